The fourth-order valence-electron chi connectivity index (χ4n) is 2.15. The van der Waals surface area contributed by atoms with Gasteiger partial charge in [-0.2, -0.15) is 8.78 Å². The lowest BCUT2D eigenvalue weighted by atomic mass is 10.1. The number of aromatic nitrogens is 5. The molecule has 142 valence electrons. The van der Waals surface area contributed by atoms with Crippen LogP contribution in [0.3, 0.4) is 0 Å². The number of alkyl halides is 2. The van der Waals surface area contributed by atoms with Crippen LogP contribution < -0.4 is 9.47 Å². The zero-order valence-corrected chi connectivity index (χ0v) is 15.3. The zero-order valence-electron chi connectivity index (χ0n) is 14.5. The van der Waals surface area contributed by atoms with Crippen LogP contribution in [0.25, 0.3) is 5.69 Å². The molecule has 27 heavy (non-hydrogen) atoms. The summed E-state index contributed by atoms with van der Waals surface area (Å²) in [5, 5.41) is 8.00. The van der Waals surface area contributed by atoms with Crippen LogP contribution in [-0.4, -0.2) is 31.6 Å². The first-order valence-electron chi connectivity index (χ1n) is 8.03. The minimum Gasteiger partial charge on any atom is -0.457 e. The van der Waals surface area contributed by atoms with Crippen molar-refractivity contribution in [2.45, 2.75) is 33.0 Å². The first kappa shape index (κ1) is 19.0. The molecule has 0 saturated carbocycles. The third kappa shape index (κ3) is 4.88. The Bertz CT molecular complexity index is 903. The second-order valence-corrected chi connectivity index (χ2v) is 6.30. The van der Waals surface area contributed by atoms with E-state index < -0.39 is 6.61 Å². The van der Waals surface area contributed by atoms with Gasteiger partial charge in [-0.15, -0.1) is 5.10 Å². The molecule has 0 aliphatic heterocycles. The Balaban J connectivity index is 1.68. The van der Waals surface area contributed by atoms with Crippen LogP contribution in [0.15, 0.2) is 36.8 Å². The molecule has 10 heteroatoms. The fourth-order valence-corrected chi connectivity index (χ4v) is 2.31. The summed E-state index contributed by atoms with van der Waals surface area (Å²) in [7, 11) is 0. The monoisotopic (exact) mass is 395 g/mol. The van der Waals surface area contributed by atoms with Crippen molar-refractivity contribution < 1.29 is 18.3 Å². The summed E-state index contributed by atoms with van der Waals surface area (Å²) in [4.78, 5) is 8.28. The molecule has 0 amide bonds. The van der Waals surface area contributed by atoms with Crippen LogP contribution in [0.2, 0.25) is 5.02 Å². The molecule has 0 radical (unpaired) electrons. The summed E-state index contributed by atoms with van der Waals surface area (Å²) < 4.78 is 36.1. The van der Waals surface area contributed by atoms with Gasteiger partial charge < -0.3 is 9.47 Å². The summed E-state index contributed by atoms with van der Waals surface area (Å²) in [6.45, 7) is 1.23. The third-order valence-electron chi connectivity index (χ3n) is 3.60. The van der Waals surface area contributed by atoms with Crippen molar-refractivity contribution in [3.05, 3.63) is 53.1 Å². The molecule has 0 aliphatic carbocycles. The lowest BCUT2D eigenvalue weighted by Crippen LogP contribution is -2.03. The standard InChI is InChI=1S/C17H16ClF2N5O2/c1-10(2)11-6-21-17(22-7-11)26-9-12-8-25(24-23-12)13-3-4-14(18)15(5-13)27-16(19)20/h3-8,10,16H,9H2,1-2H3. The molecule has 2 heterocycles. The van der Waals surface area contributed by atoms with Crippen LogP contribution in [0, 0.1) is 0 Å². The predicted octanol–water partition coefficient (Wildman–Crippen LogP) is 4.01. The van der Waals surface area contributed by atoms with Gasteiger partial charge >= 0.3 is 12.6 Å². The van der Waals surface area contributed by atoms with E-state index in [2.05, 4.69) is 25.0 Å². The normalized spacial score (nSPS) is 11.2. The summed E-state index contributed by atoms with van der Waals surface area (Å²) in [5.41, 5.74) is 1.99. The summed E-state index contributed by atoms with van der Waals surface area (Å²) in [5.74, 6) is 0.188. The van der Waals surface area contributed by atoms with Crippen molar-refractivity contribution >= 4 is 11.6 Å². The molecule has 1 aromatic carbocycles. The van der Waals surface area contributed by atoms with E-state index in [1.807, 2.05) is 13.8 Å². The van der Waals surface area contributed by atoms with Gasteiger partial charge in [0.2, 0.25) is 0 Å². The first-order chi connectivity index (χ1) is 12.9. The van der Waals surface area contributed by atoms with E-state index in [1.54, 1.807) is 24.7 Å². The number of halogens is 3. The number of benzene rings is 1. The highest BCUT2D eigenvalue weighted by molar-refractivity contribution is 6.32. The SMILES string of the molecule is CC(C)c1cnc(OCc2cn(-c3ccc(Cl)c(OC(F)F)c3)nn2)nc1. The Kier molecular flexibility index (Phi) is 5.80. The Morgan fingerprint density at radius 2 is 1.93 bits per heavy atom. The summed E-state index contributed by atoms with van der Waals surface area (Å²) in [6, 6.07) is 4.62. The van der Waals surface area contributed by atoms with Gasteiger partial charge in [0.1, 0.15) is 18.1 Å². The highest BCUT2D eigenvalue weighted by Crippen LogP contribution is 2.28. The van der Waals surface area contributed by atoms with Crippen molar-refractivity contribution in [3.8, 4) is 17.4 Å². The van der Waals surface area contributed by atoms with E-state index >= 15 is 0 Å². The number of hydrogen-bond donors (Lipinski definition) is 0. The van der Waals surface area contributed by atoms with Gasteiger partial charge in [0.05, 0.1) is 16.9 Å². The zero-order chi connectivity index (χ0) is 19.4. The van der Waals surface area contributed by atoms with Gasteiger partial charge in [0, 0.05) is 18.5 Å². The van der Waals surface area contributed by atoms with Crippen molar-refractivity contribution in [3.63, 3.8) is 0 Å². The largest absolute Gasteiger partial charge is 0.457 e. The van der Waals surface area contributed by atoms with E-state index in [0.717, 1.165) is 5.56 Å². The average molecular weight is 396 g/mol. The summed E-state index contributed by atoms with van der Waals surface area (Å²) >= 11 is 5.84. The van der Waals surface area contributed by atoms with E-state index in [9.17, 15) is 8.78 Å². The highest BCUT2D eigenvalue weighted by Gasteiger charge is 2.12. The summed E-state index contributed by atoms with van der Waals surface area (Å²) in [6.07, 6.45) is 5.02. The molecule has 7 nitrogen and oxygen atoms in total. The Morgan fingerprint density at radius 1 is 1.19 bits per heavy atom. The van der Waals surface area contributed by atoms with Gasteiger partial charge in [0.25, 0.3) is 0 Å². The molecule has 3 aromatic rings. The van der Waals surface area contributed by atoms with Gasteiger partial charge in [-0.1, -0.05) is 30.7 Å². The average Bonchev–Trinajstić information content (AvgIpc) is 3.11. The van der Waals surface area contributed by atoms with Crippen LogP contribution >= 0.6 is 11.6 Å². The molecule has 0 fully saturated rings. The molecule has 2 aromatic heterocycles. The van der Waals surface area contributed by atoms with E-state index in [0.29, 0.717) is 17.3 Å². The van der Waals surface area contributed by atoms with Crippen LogP contribution in [0.1, 0.15) is 31.0 Å². The molecule has 0 atom stereocenters. The van der Waals surface area contributed by atoms with Crippen molar-refractivity contribution in [1.29, 1.82) is 0 Å². The van der Waals surface area contributed by atoms with Crippen LogP contribution in [0.4, 0.5) is 8.78 Å². The predicted molar refractivity (Wildman–Crippen MR) is 93.5 cm³/mol. The molecule has 0 N–H and O–H groups in total. The first-order valence-corrected chi connectivity index (χ1v) is 8.41. The van der Waals surface area contributed by atoms with Gasteiger partial charge in [-0.25, -0.2) is 14.6 Å². The minimum absolute atomic E-state index is 0.0738. The Labute approximate surface area is 158 Å². The second-order valence-electron chi connectivity index (χ2n) is 5.89. The Morgan fingerprint density at radius 3 is 2.59 bits per heavy atom. The third-order valence-corrected chi connectivity index (χ3v) is 3.91. The number of nitrogens with zero attached hydrogens (tertiary/aromatic N) is 5. The van der Waals surface area contributed by atoms with Crippen LogP contribution in [-0.2, 0) is 6.61 Å². The van der Waals surface area contributed by atoms with Crippen molar-refractivity contribution in [1.82, 2.24) is 25.0 Å². The van der Waals surface area contributed by atoms with Crippen LogP contribution in [0.5, 0.6) is 11.8 Å². The quantitative estimate of drug-likeness (QED) is 0.601. The van der Waals surface area contributed by atoms with Crippen molar-refractivity contribution in [2.24, 2.45) is 0 Å². The van der Waals surface area contributed by atoms with Gasteiger partial charge in [0.15, 0.2) is 0 Å². The maximum atomic E-state index is 12.4. The van der Waals surface area contributed by atoms with Gasteiger partial charge in [-0.05, 0) is 23.6 Å². The number of ether oxygens (including phenoxy) is 2. The molecule has 0 bridgehead atoms. The molecular weight excluding hydrogens is 380 g/mol. The molecule has 3 rings (SSSR count). The van der Waals surface area contributed by atoms with E-state index in [1.165, 1.54) is 16.8 Å². The minimum atomic E-state index is -2.97. The lowest BCUT2D eigenvalue weighted by molar-refractivity contribution is -0.0497. The molecular formula is C17H16ClF2N5O2. The van der Waals surface area contributed by atoms with E-state index in [-0.39, 0.29) is 23.4 Å². The Hall–Kier alpha value is -2.81. The van der Waals surface area contributed by atoms with Gasteiger partial charge in [-0.3, -0.25) is 0 Å². The highest BCUT2D eigenvalue weighted by atomic mass is 35.5. The number of rotatable bonds is 7. The lowest BCUT2D eigenvalue weighted by Gasteiger charge is -2.08. The fraction of sp³-hybridized carbons (Fsp3) is 0.294. The van der Waals surface area contributed by atoms with Crippen molar-refractivity contribution in [2.75, 3.05) is 0 Å². The molecule has 0 aliphatic rings. The smallest absolute Gasteiger partial charge is 0.387 e. The molecule has 0 spiro atoms. The second kappa shape index (κ2) is 8.26. The topological polar surface area (TPSA) is 75.0 Å². The molecule has 0 unspecified atom stereocenters. The maximum absolute atomic E-state index is 12.4. The van der Waals surface area contributed by atoms with E-state index in [4.69, 9.17) is 16.3 Å². The number of hydrogen-bond acceptors (Lipinski definition) is 6. The maximum Gasteiger partial charge on any atom is 0.387 e. The molecule has 0 saturated heterocycles.